The zero-order valence-corrected chi connectivity index (χ0v) is 22.2. The number of ether oxygens (including phenoxy) is 1. The predicted octanol–water partition coefficient (Wildman–Crippen LogP) is 6.80. The van der Waals surface area contributed by atoms with Crippen molar-refractivity contribution in [2.24, 2.45) is 5.92 Å². The SMILES string of the molecule is Cc1ccccc1-c1noc(C2CC2)c1/C=C/C1CN(c2ccc3nc(C(=O)O)cc(OC4CC(F)C4)c3c2)C1. The van der Waals surface area contributed by atoms with Crippen LogP contribution in [0.1, 0.15) is 59.0 Å². The van der Waals surface area contributed by atoms with Gasteiger partial charge in [0.15, 0.2) is 5.69 Å². The number of halogens is 1. The van der Waals surface area contributed by atoms with Gasteiger partial charge in [0.1, 0.15) is 29.5 Å². The van der Waals surface area contributed by atoms with Crippen LogP contribution in [0.2, 0.25) is 0 Å². The van der Waals surface area contributed by atoms with Gasteiger partial charge in [-0.15, -0.1) is 0 Å². The molecule has 3 fully saturated rings. The molecule has 2 aromatic heterocycles. The third-order valence-corrected chi connectivity index (χ3v) is 8.22. The molecular formula is C32H30FN3O4. The molecule has 0 amide bonds. The summed E-state index contributed by atoms with van der Waals surface area (Å²) in [5, 5.41) is 14.7. The molecule has 2 saturated carbocycles. The molecule has 1 N–H and O–H groups in total. The lowest BCUT2D eigenvalue weighted by molar-refractivity contribution is 0.0417. The maximum absolute atomic E-state index is 13.4. The van der Waals surface area contributed by atoms with Crippen LogP contribution in [-0.4, -0.2) is 46.6 Å². The molecule has 0 unspecified atom stereocenters. The van der Waals surface area contributed by atoms with Crippen LogP contribution in [0.25, 0.3) is 28.2 Å². The van der Waals surface area contributed by atoms with Crippen molar-refractivity contribution in [2.45, 2.75) is 50.8 Å². The highest BCUT2D eigenvalue weighted by molar-refractivity contribution is 5.94. The van der Waals surface area contributed by atoms with Crippen LogP contribution in [-0.2, 0) is 0 Å². The maximum atomic E-state index is 13.4. The lowest BCUT2D eigenvalue weighted by Crippen LogP contribution is -2.45. The lowest BCUT2D eigenvalue weighted by Gasteiger charge is -2.40. The van der Waals surface area contributed by atoms with Crippen molar-refractivity contribution in [3.8, 4) is 17.0 Å². The number of alkyl halides is 1. The van der Waals surface area contributed by atoms with Gasteiger partial charge < -0.3 is 19.3 Å². The van der Waals surface area contributed by atoms with Gasteiger partial charge in [-0.3, -0.25) is 0 Å². The van der Waals surface area contributed by atoms with Gasteiger partial charge in [-0.2, -0.15) is 0 Å². The maximum Gasteiger partial charge on any atom is 0.354 e. The first-order valence-corrected chi connectivity index (χ1v) is 13.9. The second-order valence-corrected chi connectivity index (χ2v) is 11.2. The summed E-state index contributed by atoms with van der Waals surface area (Å²) in [6.07, 6.45) is 6.29. The Balaban J connectivity index is 1.11. The zero-order chi connectivity index (χ0) is 27.4. The first-order valence-electron chi connectivity index (χ1n) is 13.9. The number of fused-ring (bicyclic) bond motifs is 1. The van der Waals surface area contributed by atoms with E-state index in [0.29, 0.717) is 35.9 Å². The van der Waals surface area contributed by atoms with E-state index >= 15 is 0 Å². The Morgan fingerprint density at radius 3 is 2.67 bits per heavy atom. The van der Waals surface area contributed by atoms with Crippen LogP contribution in [0, 0.1) is 12.8 Å². The van der Waals surface area contributed by atoms with Gasteiger partial charge in [-0.1, -0.05) is 41.6 Å². The number of aryl methyl sites for hydroxylation is 1. The fourth-order valence-corrected chi connectivity index (χ4v) is 5.59. The second kappa shape index (κ2) is 9.77. The molecule has 1 saturated heterocycles. The number of carboxylic acid groups (broad SMARTS) is 1. The summed E-state index contributed by atoms with van der Waals surface area (Å²) in [5.74, 6) is 1.16. The quantitative estimate of drug-likeness (QED) is 0.263. The first-order chi connectivity index (χ1) is 19.4. The highest BCUT2D eigenvalue weighted by atomic mass is 19.1. The number of benzene rings is 2. The van der Waals surface area contributed by atoms with Crippen molar-refractivity contribution in [2.75, 3.05) is 18.0 Å². The summed E-state index contributed by atoms with van der Waals surface area (Å²) in [6, 6.07) is 15.5. The van der Waals surface area contributed by atoms with Gasteiger partial charge in [-0.05, 0) is 43.5 Å². The van der Waals surface area contributed by atoms with Crippen LogP contribution < -0.4 is 9.64 Å². The van der Waals surface area contributed by atoms with Crippen molar-refractivity contribution in [3.05, 3.63) is 77.2 Å². The molecule has 7 nitrogen and oxygen atoms in total. The Kier molecular flexibility index (Phi) is 6.06. The third kappa shape index (κ3) is 4.61. The third-order valence-electron chi connectivity index (χ3n) is 8.22. The molecule has 40 heavy (non-hydrogen) atoms. The van der Waals surface area contributed by atoms with Crippen LogP contribution in [0.15, 0.2) is 59.1 Å². The Labute approximate surface area is 231 Å². The molecule has 204 valence electrons. The Bertz CT molecular complexity index is 1630. The van der Waals surface area contributed by atoms with E-state index in [1.54, 1.807) is 0 Å². The number of anilines is 1. The number of aromatic nitrogens is 2. The summed E-state index contributed by atoms with van der Waals surface area (Å²) in [7, 11) is 0. The highest BCUT2D eigenvalue weighted by Gasteiger charge is 2.33. The Morgan fingerprint density at radius 2 is 1.95 bits per heavy atom. The number of nitrogens with zero attached hydrogens (tertiary/aromatic N) is 3. The summed E-state index contributed by atoms with van der Waals surface area (Å²) >= 11 is 0. The largest absolute Gasteiger partial charge is 0.489 e. The van der Waals surface area contributed by atoms with E-state index in [9.17, 15) is 14.3 Å². The number of rotatable bonds is 8. The predicted molar refractivity (Wildman–Crippen MR) is 151 cm³/mol. The Morgan fingerprint density at radius 1 is 1.15 bits per heavy atom. The molecule has 0 radical (unpaired) electrons. The molecule has 0 spiro atoms. The molecule has 8 heteroatoms. The fourth-order valence-electron chi connectivity index (χ4n) is 5.59. The molecule has 2 aromatic carbocycles. The molecule has 0 atom stereocenters. The van der Waals surface area contributed by atoms with E-state index in [2.05, 4.69) is 46.2 Å². The fraction of sp³-hybridized carbons (Fsp3) is 0.344. The minimum atomic E-state index is -1.12. The smallest absolute Gasteiger partial charge is 0.354 e. The normalized spacial score (nSPS) is 21.0. The summed E-state index contributed by atoms with van der Waals surface area (Å²) in [5.41, 5.74) is 5.77. The van der Waals surface area contributed by atoms with Crippen LogP contribution in [0.5, 0.6) is 5.75 Å². The second-order valence-electron chi connectivity index (χ2n) is 11.2. The number of carboxylic acids is 1. The minimum Gasteiger partial charge on any atom is -0.489 e. The van der Waals surface area contributed by atoms with Crippen LogP contribution >= 0.6 is 0 Å². The number of carbonyl (C=O) groups is 1. The topological polar surface area (TPSA) is 88.7 Å². The van der Waals surface area contributed by atoms with Crippen molar-refractivity contribution >= 4 is 28.6 Å². The summed E-state index contributed by atoms with van der Waals surface area (Å²) in [4.78, 5) is 18.2. The standard InChI is InChI=1S/C32H30FN3O4/c1-18-4-2-3-5-24(18)30-25(31(40-35-30)20-7-8-20)10-6-19-16-36(17-19)22-9-11-27-26(14-22)29(15-28(34-27)32(37)38)39-23-12-21(33)13-23/h2-6,9-11,14-15,19-21,23H,7-8,12-13,16-17H2,1H3,(H,37,38)/b10-6+. The van der Waals surface area contributed by atoms with Crippen LogP contribution in [0.4, 0.5) is 10.1 Å². The number of aromatic carboxylic acids is 1. The summed E-state index contributed by atoms with van der Waals surface area (Å²) < 4.78 is 25.2. The van der Waals surface area contributed by atoms with E-state index in [1.807, 2.05) is 30.3 Å². The molecule has 7 rings (SSSR count). The number of hydrogen-bond acceptors (Lipinski definition) is 6. The highest BCUT2D eigenvalue weighted by Crippen LogP contribution is 2.45. The van der Waals surface area contributed by atoms with Gasteiger partial charge in [0.2, 0.25) is 0 Å². The molecule has 0 bridgehead atoms. The molecule has 4 aromatic rings. The number of hydrogen-bond donors (Lipinski definition) is 1. The van der Waals surface area contributed by atoms with Gasteiger partial charge in [0, 0.05) is 66.0 Å². The van der Waals surface area contributed by atoms with Gasteiger partial charge >= 0.3 is 5.97 Å². The van der Waals surface area contributed by atoms with E-state index in [0.717, 1.165) is 59.6 Å². The van der Waals surface area contributed by atoms with Crippen molar-refractivity contribution in [3.63, 3.8) is 0 Å². The van der Waals surface area contributed by atoms with E-state index in [-0.39, 0.29) is 11.8 Å². The van der Waals surface area contributed by atoms with E-state index in [4.69, 9.17) is 9.26 Å². The first kappa shape index (κ1) is 24.8. The van der Waals surface area contributed by atoms with Gasteiger partial charge in [0.05, 0.1) is 5.52 Å². The molecule has 1 aliphatic heterocycles. The summed E-state index contributed by atoms with van der Waals surface area (Å²) in [6.45, 7) is 3.81. The van der Waals surface area contributed by atoms with Crippen molar-refractivity contribution in [1.82, 2.24) is 10.1 Å². The monoisotopic (exact) mass is 539 g/mol. The van der Waals surface area contributed by atoms with Crippen molar-refractivity contribution < 1.29 is 23.6 Å². The average molecular weight is 540 g/mol. The van der Waals surface area contributed by atoms with Crippen molar-refractivity contribution in [1.29, 1.82) is 0 Å². The zero-order valence-electron chi connectivity index (χ0n) is 22.2. The molecule has 3 heterocycles. The average Bonchev–Trinajstić information content (AvgIpc) is 3.66. The van der Waals surface area contributed by atoms with Gasteiger partial charge in [0.25, 0.3) is 0 Å². The lowest BCUT2D eigenvalue weighted by atomic mass is 9.93. The molecule has 2 aliphatic carbocycles. The van der Waals surface area contributed by atoms with E-state index < -0.39 is 12.1 Å². The Hall–Kier alpha value is -4.20. The molecule has 3 aliphatic rings. The van der Waals surface area contributed by atoms with E-state index in [1.165, 1.54) is 11.6 Å². The van der Waals surface area contributed by atoms with Gasteiger partial charge in [-0.25, -0.2) is 14.2 Å². The molecular weight excluding hydrogens is 509 g/mol. The van der Waals surface area contributed by atoms with Crippen LogP contribution in [0.3, 0.4) is 0 Å². The number of pyridine rings is 1. The minimum absolute atomic E-state index is 0.0788.